The number of hydrogen-bond acceptors (Lipinski definition) is 4. The van der Waals surface area contributed by atoms with E-state index in [9.17, 15) is 14.4 Å². The second-order valence-electron chi connectivity index (χ2n) is 5.24. The zero-order valence-electron chi connectivity index (χ0n) is 12.4. The zero-order chi connectivity index (χ0) is 15.9. The Bertz CT molecular complexity index is 804. The first kappa shape index (κ1) is 14.2. The fraction of sp³-hybridized carbons (Fsp3) is 0.250. The van der Waals surface area contributed by atoms with Crippen LogP contribution in [0.25, 0.3) is 0 Å². The van der Waals surface area contributed by atoms with Crippen LogP contribution in [0.15, 0.2) is 35.1 Å². The van der Waals surface area contributed by atoms with E-state index in [1.54, 1.807) is 38.1 Å². The minimum atomic E-state index is -0.314. The maximum Gasteiger partial charge on any atom is 0.261 e. The number of aryl methyl sites for hydroxylation is 2. The van der Waals surface area contributed by atoms with Crippen LogP contribution in [-0.4, -0.2) is 32.8 Å². The van der Waals surface area contributed by atoms with Crippen molar-refractivity contribution in [1.82, 2.24) is 14.5 Å². The molecule has 6 nitrogen and oxygen atoms in total. The van der Waals surface area contributed by atoms with Gasteiger partial charge in [-0.05, 0) is 26.0 Å². The Morgan fingerprint density at radius 3 is 2.09 bits per heavy atom. The van der Waals surface area contributed by atoms with Gasteiger partial charge in [0.15, 0.2) is 0 Å². The summed E-state index contributed by atoms with van der Waals surface area (Å²) < 4.78 is 1.47. The standard InChI is InChI=1S/C16H15N3O3/c1-10-9-14(20)18(11(2)17-10)7-8-19-15(21)12-5-3-4-6-13(12)16(19)22/h3-6,9H,7-8H2,1-2H3. The third kappa shape index (κ3) is 2.22. The third-order valence-corrected chi connectivity index (χ3v) is 3.75. The Balaban J connectivity index is 1.83. The molecule has 22 heavy (non-hydrogen) atoms. The van der Waals surface area contributed by atoms with Gasteiger partial charge in [-0.25, -0.2) is 4.98 Å². The molecule has 1 aliphatic heterocycles. The maximum absolute atomic E-state index is 12.3. The van der Waals surface area contributed by atoms with Crippen molar-refractivity contribution in [2.75, 3.05) is 6.54 Å². The summed E-state index contributed by atoms with van der Waals surface area (Å²) in [6.07, 6.45) is 0. The fourth-order valence-corrected chi connectivity index (χ4v) is 2.68. The van der Waals surface area contributed by atoms with Crippen LogP contribution in [0.1, 0.15) is 32.2 Å². The lowest BCUT2D eigenvalue weighted by Gasteiger charge is -2.16. The van der Waals surface area contributed by atoms with Gasteiger partial charge in [0, 0.05) is 24.8 Å². The molecule has 0 saturated carbocycles. The van der Waals surface area contributed by atoms with Gasteiger partial charge < -0.3 is 0 Å². The monoisotopic (exact) mass is 297 g/mol. The molecule has 0 fully saturated rings. The van der Waals surface area contributed by atoms with Crippen molar-refractivity contribution in [2.45, 2.75) is 20.4 Å². The molecule has 1 aromatic carbocycles. The lowest BCUT2D eigenvalue weighted by Crippen LogP contribution is -2.35. The van der Waals surface area contributed by atoms with E-state index in [-0.39, 0.29) is 30.5 Å². The van der Waals surface area contributed by atoms with Crippen LogP contribution in [0.2, 0.25) is 0 Å². The highest BCUT2D eigenvalue weighted by atomic mass is 16.2. The summed E-state index contributed by atoms with van der Waals surface area (Å²) in [5.41, 5.74) is 1.30. The fourth-order valence-electron chi connectivity index (χ4n) is 2.68. The van der Waals surface area contributed by atoms with Crippen molar-refractivity contribution in [3.05, 3.63) is 63.3 Å². The van der Waals surface area contributed by atoms with Crippen molar-refractivity contribution >= 4 is 11.8 Å². The largest absolute Gasteiger partial charge is 0.295 e. The average molecular weight is 297 g/mol. The maximum atomic E-state index is 12.3. The molecule has 2 amide bonds. The number of carbonyl (C=O) groups excluding carboxylic acids is 2. The summed E-state index contributed by atoms with van der Waals surface area (Å²) in [4.78, 5) is 41.9. The first-order chi connectivity index (χ1) is 10.5. The van der Waals surface area contributed by atoms with Gasteiger partial charge >= 0.3 is 0 Å². The second kappa shape index (κ2) is 5.22. The molecule has 0 radical (unpaired) electrons. The smallest absolute Gasteiger partial charge is 0.261 e. The van der Waals surface area contributed by atoms with Crippen molar-refractivity contribution in [2.24, 2.45) is 0 Å². The minimum absolute atomic E-state index is 0.151. The summed E-state index contributed by atoms with van der Waals surface area (Å²) in [6, 6.07) is 8.17. The van der Waals surface area contributed by atoms with Crippen LogP contribution in [0, 0.1) is 13.8 Å². The van der Waals surface area contributed by atoms with Gasteiger partial charge in [0.05, 0.1) is 11.1 Å². The molecule has 0 spiro atoms. The number of amides is 2. The summed E-state index contributed by atoms with van der Waals surface area (Å²) >= 11 is 0. The van der Waals surface area contributed by atoms with E-state index in [4.69, 9.17) is 0 Å². The molecular formula is C16H15N3O3. The molecule has 1 aromatic heterocycles. The topological polar surface area (TPSA) is 72.3 Å². The van der Waals surface area contributed by atoms with Gasteiger partial charge in [0.1, 0.15) is 5.82 Å². The van der Waals surface area contributed by atoms with Crippen molar-refractivity contribution in [1.29, 1.82) is 0 Å². The van der Waals surface area contributed by atoms with Gasteiger partial charge in [0.2, 0.25) is 0 Å². The lowest BCUT2D eigenvalue weighted by molar-refractivity contribution is 0.0648. The van der Waals surface area contributed by atoms with E-state index < -0.39 is 0 Å². The van der Waals surface area contributed by atoms with Crippen LogP contribution in [0.4, 0.5) is 0 Å². The molecule has 2 aromatic rings. The van der Waals surface area contributed by atoms with Gasteiger partial charge in [-0.3, -0.25) is 23.9 Å². The Morgan fingerprint density at radius 2 is 1.55 bits per heavy atom. The van der Waals surface area contributed by atoms with Gasteiger partial charge in [0.25, 0.3) is 17.4 Å². The number of fused-ring (bicyclic) bond motifs is 1. The Hall–Kier alpha value is -2.76. The van der Waals surface area contributed by atoms with E-state index in [1.807, 2.05) is 0 Å². The lowest BCUT2D eigenvalue weighted by atomic mass is 10.1. The second-order valence-corrected chi connectivity index (χ2v) is 5.24. The normalized spacial score (nSPS) is 13.6. The molecule has 0 unspecified atom stereocenters. The predicted octanol–water partition coefficient (Wildman–Crippen LogP) is 1.16. The molecule has 0 aliphatic carbocycles. The number of imide groups is 1. The zero-order valence-corrected chi connectivity index (χ0v) is 12.4. The Labute approximate surface area is 127 Å². The van der Waals surface area contributed by atoms with Crippen molar-refractivity contribution in [3.63, 3.8) is 0 Å². The molecule has 2 heterocycles. The van der Waals surface area contributed by atoms with Crippen LogP contribution in [0.5, 0.6) is 0 Å². The molecule has 6 heteroatoms. The molecule has 0 N–H and O–H groups in total. The van der Waals surface area contributed by atoms with Crippen LogP contribution < -0.4 is 5.56 Å². The molecule has 112 valence electrons. The molecular weight excluding hydrogens is 282 g/mol. The highest BCUT2D eigenvalue weighted by Crippen LogP contribution is 2.22. The third-order valence-electron chi connectivity index (χ3n) is 3.75. The van der Waals surface area contributed by atoms with E-state index in [0.29, 0.717) is 22.6 Å². The number of nitrogens with zero attached hydrogens (tertiary/aromatic N) is 3. The van der Waals surface area contributed by atoms with Crippen LogP contribution >= 0.6 is 0 Å². The van der Waals surface area contributed by atoms with Crippen LogP contribution in [0.3, 0.4) is 0 Å². The van der Waals surface area contributed by atoms with E-state index in [1.165, 1.54) is 15.5 Å². The first-order valence-corrected chi connectivity index (χ1v) is 6.99. The van der Waals surface area contributed by atoms with Crippen molar-refractivity contribution < 1.29 is 9.59 Å². The van der Waals surface area contributed by atoms with Gasteiger partial charge in [-0.15, -0.1) is 0 Å². The Morgan fingerprint density at radius 1 is 0.955 bits per heavy atom. The van der Waals surface area contributed by atoms with E-state index in [2.05, 4.69) is 4.98 Å². The predicted molar refractivity (Wildman–Crippen MR) is 79.8 cm³/mol. The summed E-state index contributed by atoms with van der Waals surface area (Å²) in [6.45, 7) is 3.88. The van der Waals surface area contributed by atoms with E-state index in [0.717, 1.165) is 0 Å². The minimum Gasteiger partial charge on any atom is -0.295 e. The van der Waals surface area contributed by atoms with E-state index >= 15 is 0 Å². The molecule has 3 rings (SSSR count). The number of carbonyl (C=O) groups is 2. The number of aromatic nitrogens is 2. The number of rotatable bonds is 3. The summed E-state index contributed by atoms with van der Waals surface area (Å²) in [7, 11) is 0. The number of benzene rings is 1. The van der Waals surface area contributed by atoms with Gasteiger partial charge in [-0.1, -0.05) is 12.1 Å². The Kier molecular flexibility index (Phi) is 3.36. The molecule has 0 saturated heterocycles. The SMILES string of the molecule is Cc1cc(=O)n(CCN2C(=O)c3ccccc3C2=O)c(C)n1. The average Bonchev–Trinajstić information content (AvgIpc) is 2.71. The van der Waals surface area contributed by atoms with Crippen molar-refractivity contribution in [3.8, 4) is 0 Å². The summed E-state index contributed by atoms with van der Waals surface area (Å²) in [5, 5.41) is 0. The quantitative estimate of drug-likeness (QED) is 0.797. The highest BCUT2D eigenvalue weighted by molar-refractivity contribution is 6.21. The molecule has 0 atom stereocenters. The number of hydrogen-bond donors (Lipinski definition) is 0. The molecule has 1 aliphatic rings. The molecule has 0 bridgehead atoms. The highest BCUT2D eigenvalue weighted by Gasteiger charge is 2.34. The van der Waals surface area contributed by atoms with Gasteiger partial charge in [-0.2, -0.15) is 0 Å². The summed E-state index contributed by atoms with van der Waals surface area (Å²) in [5.74, 6) is -0.0562. The van der Waals surface area contributed by atoms with Crippen LogP contribution in [-0.2, 0) is 6.54 Å². The first-order valence-electron chi connectivity index (χ1n) is 6.99.